The number of nitrogens with zero attached hydrogens (tertiary/aromatic N) is 2. The van der Waals surface area contributed by atoms with Gasteiger partial charge < -0.3 is 10.2 Å². The largest absolute Gasteiger partial charge is 0.494 e. The summed E-state index contributed by atoms with van der Waals surface area (Å²) in [5.41, 5.74) is 1.62. The molecule has 0 saturated carbocycles. The Hall–Kier alpha value is -3.87. The summed E-state index contributed by atoms with van der Waals surface area (Å²) in [6.07, 6.45) is 6.64. The van der Waals surface area contributed by atoms with Crippen LogP contribution in [0.2, 0.25) is 0 Å². The van der Waals surface area contributed by atoms with Crippen molar-refractivity contribution in [1.29, 1.82) is 0 Å². The molecule has 0 atom stereocenters. The third kappa shape index (κ3) is 4.14. The highest BCUT2D eigenvalue weighted by Gasteiger charge is 2.18. The van der Waals surface area contributed by atoms with Crippen molar-refractivity contribution in [3.63, 3.8) is 0 Å². The SMILES string of the molecule is CCCC=CCc1cc(O)n(-c2cc(Cc3n[nH]c(=O)c4ccccc34)ccc2F)c1O. The van der Waals surface area contributed by atoms with E-state index in [1.807, 2.05) is 24.3 Å². The Morgan fingerprint density at radius 2 is 1.88 bits per heavy atom. The van der Waals surface area contributed by atoms with Crippen LogP contribution in [-0.4, -0.2) is 25.0 Å². The number of H-pyrrole nitrogens is 1. The quantitative estimate of drug-likeness (QED) is 0.367. The van der Waals surface area contributed by atoms with Crippen LogP contribution in [0.3, 0.4) is 0 Å². The molecule has 0 aliphatic carbocycles. The summed E-state index contributed by atoms with van der Waals surface area (Å²) in [5.74, 6) is -1.03. The number of hydrogen-bond donors (Lipinski definition) is 3. The molecule has 0 fully saturated rings. The molecule has 0 amide bonds. The van der Waals surface area contributed by atoms with Crippen LogP contribution in [0, 0.1) is 5.82 Å². The maximum absolute atomic E-state index is 14.7. The number of halogens is 1. The third-order valence-electron chi connectivity index (χ3n) is 5.39. The van der Waals surface area contributed by atoms with Crippen LogP contribution >= 0.6 is 0 Å². The molecule has 164 valence electrons. The van der Waals surface area contributed by atoms with E-state index in [1.165, 1.54) is 12.1 Å². The van der Waals surface area contributed by atoms with Gasteiger partial charge in [0.05, 0.1) is 16.8 Å². The van der Waals surface area contributed by atoms with Gasteiger partial charge in [-0.2, -0.15) is 5.10 Å². The van der Waals surface area contributed by atoms with Crippen LogP contribution in [0.5, 0.6) is 11.8 Å². The molecule has 0 saturated heterocycles. The third-order valence-corrected chi connectivity index (χ3v) is 5.39. The number of allylic oxidation sites excluding steroid dienone is 2. The van der Waals surface area contributed by atoms with Crippen LogP contribution in [0.15, 0.2) is 65.5 Å². The Labute approximate surface area is 184 Å². The van der Waals surface area contributed by atoms with Crippen molar-refractivity contribution in [3.05, 3.63) is 93.7 Å². The van der Waals surface area contributed by atoms with Gasteiger partial charge in [-0.25, -0.2) is 14.1 Å². The first-order chi connectivity index (χ1) is 15.5. The number of aromatic hydroxyl groups is 2. The highest BCUT2D eigenvalue weighted by atomic mass is 19.1. The summed E-state index contributed by atoms with van der Waals surface area (Å²) in [6, 6.07) is 13.1. The summed E-state index contributed by atoms with van der Waals surface area (Å²) in [7, 11) is 0. The first-order valence-corrected chi connectivity index (χ1v) is 10.5. The predicted octanol–water partition coefficient (Wildman–Crippen LogP) is 4.75. The minimum Gasteiger partial charge on any atom is -0.494 e. The van der Waals surface area contributed by atoms with Gasteiger partial charge in [0.15, 0.2) is 5.88 Å². The molecule has 4 aromatic rings. The van der Waals surface area contributed by atoms with Gasteiger partial charge >= 0.3 is 0 Å². The molecule has 0 aliphatic rings. The minimum absolute atomic E-state index is 0.0371. The predicted molar refractivity (Wildman–Crippen MR) is 122 cm³/mol. The van der Waals surface area contributed by atoms with Crippen molar-refractivity contribution in [3.8, 4) is 17.4 Å². The number of aromatic nitrogens is 3. The molecule has 7 heteroatoms. The lowest BCUT2D eigenvalue weighted by molar-refractivity contribution is 0.397. The molecular weight excluding hydrogens is 409 g/mol. The van der Waals surface area contributed by atoms with Crippen LogP contribution < -0.4 is 5.56 Å². The van der Waals surface area contributed by atoms with E-state index in [-0.39, 0.29) is 23.0 Å². The van der Waals surface area contributed by atoms with Crippen LogP contribution in [0.25, 0.3) is 16.5 Å². The summed E-state index contributed by atoms with van der Waals surface area (Å²) in [4.78, 5) is 12.0. The van der Waals surface area contributed by atoms with E-state index >= 15 is 0 Å². The lowest BCUT2D eigenvalue weighted by Gasteiger charge is -2.11. The van der Waals surface area contributed by atoms with E-state index in [2.05, 4.69) is 17.1 Å². The van der Waals surface area contributed by atoms with E-state index in [9.17, 15) is 19.4 Å². The van der Waals surface area contributed by atoms with E-state index < -0.39 is 5.82 Å². The van der Waals surface area contributed by atoms with E-state index in [4.69, 9.17) is 0 Å². The Morgan fingerprint density at radius 3 is 2.66 bits per heavy atom. The molecule has 2 aromatic heterocycles. The van der Waals surface area contributed by atoms with Crippen molar-refractivity contribution in [1.82, 2.24) is 14.8 Å². The maximum atomic E-state index is 14.7. The number of aromatic amines is 1. The Balaban J connectivity index is 1.70. The smallest absolute Gasteiger partial charge is 0.272 e. The molecule has 0 unspecified atom stereocenters. The summed E-state index contributed by atoms with van der Waals surface area (Å²) in [6.45, 7) is 2.07. The lowest BCUT2D eigenvalue weighted by atomic mass is 10.0. The second-order valence-electron chi connectivity index (χ2n) is 7.66. The molecule has 32 heavy (non-hydrogen) atoms. The zero-order chi connectivity index (χ0) is 22.7. The fraction of sp³-hybridized carbons (Fsp3) is 0.200. The number of benzene rings is 2. The molecule has 0 radical (unpaired) electrons. The molecule has 0 bridgehead atoms. The standard InChI is InChI=1S/C25H24FN3O3/c1-2-3-4-5-8-17-15-23(30)29(25(17)32)22-14-16(11-12-20(22)26)13-21-18-9-6-7-10-19(18)24(31)28-27-21/h4-7,9-12,14-15,30,32H,2-3,8,13H2,1H3,(H,28,31). The topological polar surface area (TPSA) is 91.1 Å². The van der Waals surface area contributed by atoms with Gasteiger partial charge in [-0.15, -0.1) is 0 Å². The van der Waals surface area contributed by atoms with Gasteiger partial charge in [-0.3, -0.25) is 4.79 Å². The molecule has 0 spiro atoms. The zero-order valence-electron chi connectivity index (χ0n) is 17.7. The average molecular weight is 433 g/mol. The summed E-state index contributed by atoms with van der Waals surface area (Å²) in [5, 5.41) is 29.0. The zero-order valence-corrected chi connectivity index (χ0v) is 17.7. The van der Waals surface area contributed by atoms with E-state index in [0.29, 0.717) is 35.0 Å². The molecule has 4 rings (SSSR count). The number of hydrogen-bond acceptors (Lipinski definition) is 4. The van der Waals surface area contributed by atoms with Gasteiger partial charge in [-0.1, -0.05) is 49.8 Å². The molecular formula is C25H24FN3O3. The van der Waals surface area contributed by atoms with Crippen molar-refractivity contribution in [2.45, 2.75) is 32.6 Å². The first kappa shape index (κ1) is 21.4. The molecule has 2 aromatic carbocycles. The van der Waals surface area contributed by atoms with Gasteiger partial charge in [0.25, 0.3) is 5.56 Å². The van der Waals surface area contributed by atoms with Crippen LogP contribution in [-0.2, 0) is 12.8 Å². The van der Waals surface area contributed by atoms with Crippen LogP contribution in [0.4, 0.5) is 4.39 Å². The molecule has 2 heterocycles. The Morgan fingerprint density at radius 1 is 1.09 bits per heavy atom. The Kier molecular flexibility index (Phi) is 6.07. The number of rotatable bonds is 7. The summed E-state index contributed by atoms with van der Waals surface area (Å²) >= 11 is 0. The van der Waals surface area contributed by atoms with Crippen molar-refractivity contribution in [2.75, 3.05) is 0 Å². The van der Waals surface area contributed by atoms with Crippen molar-refractivity contribution >= 4 is 10.8 Å². The first-order valence-electron chi connectivity index (χ1n) is 10.5. The van der Waals surface area contributed by atoms with Crippen LogP contribution in [0.1, 0.15) is 36.6 Å². The van der Waals surface area contributed by atoms with Gasteiger partial charge in [0.1, 0.15) is 5.82 Å². The number of unbranched alkanes of at least 4 members (excludes halogenated alkanes) is 1. The number of fused-ring (bicyclic) bond motifs is 1. The van der Waals surface area contributed by atoms with Gasteiger partial charge in [0.2, 0.25) is 5.88 Å². The van der Waals surface area contributed by atoms with Gasteiger partial charge in [0, 0.05) is 23.4 Å². The second kappa shape index (κ2) is 9.09. The number of nitrogens with one attached hydrogen (secondary N) is 1. The fourth-order valence-corrected chi connectivity index (χ4v) is 3.76. The normalized spacial score (nSPS) is 11.6. The fourth-order valence-electron chi connectivity index (χ4n) is 3.76. The minimum atomic E-state index is -0.581. The highest BCUT2D eigenvalue weighted by molar-refractivity contribution is 5.83. The highest BCUT2D eigenvalue weighted by Crippen LogP contribution is 2.34. The second-order valence-corrected chi connectivity index (χ2v) is 7.66. The molecule has 3 N–H and O–H groups in total. The monoisotopic (exact) mass is 433 g/mol. The molecule has 6 nitrogen and oxygen atoms in total. The van der Waals surface area contributed by atoms with Gasteiger partial charge in [-0.05, 0) is 36.6 Å². The molecule has 0 aliphatic heterocycles. The van der Waals surface area contributed by atoms with Crippen molar-refractivity contribution in [2.24, 2.45) is 0 Å². The lowest BCUT2D eigenvalue weighted by Crippen LogP contribution is -2.11. The Bertz CT molecular complexity index is 1350. The summed E-state index contributed by atoms with van der Waals surface area (Å²) < 4.78 is 15.8. The average Bonchev–Trinajstić information content (AvgIpc) is 3.07. The van der Waals surface area contributed by atoms with Crippen molar-refractivity contribution < 1.29 is 14.6 Å². The maximum Gasteiger partial charge on any atom is 0.272 e. The van der Waals surface area contributed by atoms with E-state index in [1.54, 1.807) is 24.3 Å². The van der Waals surface area contributed by atoms with E-state index in [0.717, 1.165) is 22.8 Å².